The van der Waals surface area contributed by atoms with Crippen LogP contribution in [-0.2, 0) is 0 Å². The molecular formula is C52H34N10Si. The molecular weight excluding hydrogens is 793 g/mol. The SMILES string of the molecule is c1ccc(-c2ccccc2N2c3nc4ccccc4n3[Si]3(n4c2nc2ccccc24)n2c(nc4ccccc42)N(c2ccccc2-c2ccccc2)c2nc4ccccc4n23)cc1. The van der Waals surface area contributed by atoms with Crippen molar-refractivity contribution < 1.29 is 0 Å². The smallest absolute Gasteiger partial charge is 0.282 e. The van der Waals surface area contributed by atoms with Gasteiger partial charge in [0.15, 0.2) is 0 Å². The van der Waals surface area contributed by atoms with Gasteiger partial charge in [0.25, 0.3) is 0 Å². The van der Waals surface area contributed by atoms with Gasteiger partial charge in [-0.3, -0.25) is 16.9 Å². The van der Waals surface area contributed by atoms with Crippen LogP contribution in [0.1, 0.15) is 0 Å². The Bertz CT molecular complexity index is 3370. The van der Waals surface area contributed by atoms with E-state index in [4.69, 9.17) is 19.9 Å². The molecule has 0 N–H and O–H groups in total. The van der Waals surface area contributed by atoms with Crippen molar-refractivity contribution in [3.8, 4) is 22.3 Å². The molecule has 2 aliphatic heterocycles. The molecule has 296 valence electrons. The van der Waals surface area contributed by atoms with Gasteiger partial charge in [-0.1, -0.05) is 146 Å². The maximum absolute atomic E-state index is 5.66. The van der Waals surface area contributed by atoms with Gasteiger partial charge < -0.3 is 0 Å². The first-order valence-corrected chi connectivity index (χ1v) is 22.9. The Morgan fingerprint density at radius 2 is 0.540 bits per heavy atom. The monoisotopic (exact) mass is 826 g/mol. The number of aromatic nitrogens is 8. The minimum atomic E-state index is -3.91. The van der Waals surface area contributed by atoms with Crippen molar-refractivity contribution in [3.05, 3.63) is 206 Å². The molecule has 11 heteroatoms. The molecule has 4 aromatic heterocycles. The Morgan fingerprint density at radius 1 is 0.270 bits per heavy atom. The third-order valence-corrected chi connectivity index (χ3v) is 16.8. The largest absolute Gasteiger partial charge is 0.531 e. The van der Waals surface area contributed by atoms with E-state index in [2.05, 4.69) is 233 Å². The van der Waals surface area contributed by atoms with Crippen LogP contribution in [0.5, 0.6) is 0 Å². The lowest BCUT2D eigenvalue weighted by molar-refractivity contribution is 0.784. The molecule has 0 unspecified atom stereocenters. The van der Waals surface area contributed by atoms with E-state index in [0.29, 0.717) is 0 Å². The lowest BCUT2D eigenvalue weighted by Gasteiger charge is -2.47. The van der Waals surface area contributed by atoms with E-state index in [1.165, 1.54) is 0 Å². The van der Waals surface area contributed by atoms with Crippen LogP contribution in [0, 0.1) is 0 Å². The Hall–Kier alpha value is -8.54. The second-order valence-electron chi connectivity index (χ2n) is 16.0. The number of nitrogens with zero attached hydrogens (tertiary/aromatic N) is 10. The van der Waals surface area contributed by atoms with Crippen LogP contribution in [0.3, 0.4) is 0 Å². The summed E-state index contributed by atoms with van der Waals surface area (Å²) < 4.78 is 10.1. The summed E-state index contributed by atoms with van der Waals surface area (Å²) in [6.45, 7) is 0. The molecule has 6 heterocycles. The summed E-state index contributed by atoms with van der Waals surface area (Å²) in [5.41, 5.74) is 13.8. The van der Waals surface area contributed by atoms with Gasteiger partial charge in [-0.15, -0.1) is 0 Å². The number of fused-ring (bicyclic) bond motifs is 16. The minimum Gasteiger partial charge on any atom is -0.282 e. The number of anilines is 6. The first-order chi connectivity index (χ1) is 31.3. The molecule has 63 heavy (non-hydrogen) atoms. The van der Waals surface area contributed by atoms with E-state index in [1.807, 2.05) is 0 Å². The fourth-order valence-corrected chi connectivity index (χ4v) is 15.0. The molecule has 0 saturated heterocycles. The summed E-state index contributed by atoms with van der Waals surface area (Å²) in [5.74, 6) is 3.05. The average Bonchev–Trinajstić information content (AvgIpc) is 4.14. The number of imidazole rings is 4. The summed E-state index contributed by atoms with van der Waals surface area (Å²) in [6, 6.07) is 72.5. The summed E-state index contributed by atoms with van der Waals surface area (Å²) in [6.07, 6.45) is 0. The molecule has 0 saturated carbocycles. The van der Waals surface area contributed by atoms with Crippen LogP contribution in [0.15, 0.2) is 206 Å². The molecule has 14 rings (SSSR count). The lowest BCUT2D eigenvalue weighted by atomic mass is 10.0. The van der Waals surface area contributed by atoms with Crippen molar-refractivity contribution in [1.29, 1.82) is 0 Å². The molecule has 2 aliphatic rings. The molecule has 0 aliphatic carbocycles. The summed E-state index contributed by atoms with van der Waals surface area (Å²) >= 11 is 0. The Balaban J connectivity index is 1.21. The van der Waals surface area contributed by atoms with E-state index in [0.717, 1.165) is 102 Å². The highest BCUT2D eigenvalue weighted by Crippen LogP contribution is 2.54. The van der Waals surface area contributed by atoms with Gasteiger partial charge in [0.2, 0.25) is 23.8 Å². The minimum absolute atomic E-state index is 0.764. The first-order valence-electron chi connectivity index (χ1n) is 21.1. The first kappa shape index (κ1) is 34.2. The van der Waals surface area contributed by atoms with Gasteiger partial charge in [0.05, 0.1) is 55.5 Å². The Morgan fingerprint density at radius 3 is 0.873 bits per heavy atom. The van der Waals surface area contributed by atoms with E-state index in [9.17, 15) is 0 Å². The van der Waals surface area contributed by atoms with E-state index in [1.54, 1.807) is 0 Å². The van der Waals surface area contributed by atoms with Crippen molar-refractivity contribution in [2.24, 2.45) is 0 Å². The van der Waals surface area contributed by atoms with Gasteiger partial charge in [-0.2, -0.15) is 0 Å². The van der Waals surface area contributed by atoms with E-state index in [-0.39, 0.29) is 0 Å². The fraction of sp³-hybridized carbons (Fsp3) is 0. The predicted molar refractivity (Wildman–Crippen MR) is 254 cm³/mol. The quantitative estimate of drug-likeness (QED) is 0.164. The van der Waals surface area contributed by atoms with E-state index < -0.39 is 8.72 Å². The second-order valence-corrected chi connectivity index (χ2v) is 19.0. The van der Waals surface area contributed by atoms with Crippen LogP contribution < -0.4 is 9.80 Å². The fourth-order valence-electron chi connectivity index (χ4n) is 10.1. The van der Waals surface area contributed by atoms with Crippen LogP contribution >= 0.6 is 0 Å². The number of hydrogen-bond donors (Lipinski definition) is 0. The Kier molecular flexibility index (Phi) is 6.92. The summed E-state index contributed by atoms with van der Waals surface area (Å²) in [7, 11) is -3.91. The van der Waals surface area contributed by atoms with Gasteiger partial charge >= 0.3 is 8.72 Å². The zero-order valence-electron chi connectivity index (χ0n) is 33.6. The molecule has 1 spiro atoms. The number of hydrogen-bond acceptors (Lipinski definition) is 6. The van der Waals surface area contributed by atoms with Crippen molar-refractivity contribution in [2.45, 2.75) is 0 Å². The predicted octanol–water partition coefficient (Wildman–Crippen LogP) is 11.9. The van der Waals surface area contributed by atoms with Crippen molar-refractivity contribution in [1.82, 2.24) is 36.9 Å². The number of para-hydroxylation sites is 10. The number of rotatable bonds is 4. The van der Waals surface area contributed by atoms with Gasteiger partial charge in [-0.25, -0.2) is 29.7 Å². The molecule has 10 nitrogen and oxygen atoms in total. The Labute approximate surface area is 361 Å². The zero-order chi connectivity index (χ0) is 41.2. The number of benzene rings is 8. The molecule has 0 fully saturated rings. The van der Waals surface area contributed by atoms with Crippen LogP contribution in [0.4, 0.5) is 35.2 Å². The summed E-state index contributed by atoms with van der Waals surface area (Å²) in [5, 5.41) is 0. The molecule has 0 atom stereocenters. The van der Waals surface area contributed by atoms with Crippen LogP contribution in [-0.4, -0.2) is 45.6 Å². The lowest BCUT2D eigenvalue weighted by Crippen LogP contribution is -2.68. The topological polar surface area (TPSA) is 77.8 Å². The molecule has 8 aromatic carbocycles. The van der Waals surface area contributed by atoms with Gasteiger partial charge in [-0.05, 0) is 71.8 Å². The van der Waals surface area contributed by atoms with Crippen molar-refractivity contribution >= 4 is 88.0 Å². The highest BCUT2D eigenvalue weighted by atomic mass is 28.4. The maximum atomic E-state index is 5.66. The highest BCUT2D eigenvalue weighted by molar-refractivity contribution is 6.79. The maximum Gasteiger partial charge on any atom is 0.531 e. The zero-order valence-corrected chi connectivity index (χ0v) is 34.6. The van der Waals surface area contributed by atoms with E-state index >= 15 is 0 Å². The standard InChI is InChI=1S/C52H34N10Si/c1-3-19-35(20-4-1)37-23-7-13-29-43(37)57-49-53-39-25-9-15-31-45(39)59(49)63(60-46-32-16-10-26-40(46)54-50(57)60)61-47-33-17-11-27-41(47)55-51(61)58(52-56-42-28-12-18-34-48(42)62(52)63)44-30-14-8-24-38(44)36-21-5-2-6-22-36/h1-34H. The van der Waals surface area contributed by atoms with Crippen LogP contribution in [0.2, 0.25) is 0 Å². The normalized spacial score (nSPS) is 13.8. The van der Waals surface area contributed by atoms with Crippen molar-refractivity contribution in [3.63, 3.8) is 0 Å². The van der Waals surface area contributed by atoms with Crippen LogP contribution in [0.25, 0.3) is 66.4 Å². The van der Waals surface area contributed by atoms with Crippen molar-refractivity contribution in [2.75, 3.05) is 9.80 Å². The summed E-state index contributed by atoms with van der Waals surface area (Å²) in [4.78, 5) is 27.2. The van der Waals surface area contributed by atoms with Gasteiger partial charge in [0.1, 0.15) is 0 Å². The molecule has 0 amide bonds. The second kappa shape index (κ2) is 12.7. The third kappa shape index (κ3) is 4.49. The van der Waals surface area contributed by atoms with Gasteiger partial charge in [0, 0.05) is 11.1 Å². The molecule has 12 aromatic rings. The molecule has 0 bridgehead atoms. The third-order valence-electron chi connectivity index (χ3n) is 12.6. The molecule has 0 radical (unpaired) electrons. The highest BCUT2D eigenvalue weighted by Gasteiger charge is 2.62. The average molecular weight is 827 g/mol.